The molecule has 3 rings (SSSR count). The van der Waals surface area contributed by atoms with Crippen LogP contribution in [-0.4, -0.2) is 35.0 Å². The minimum atomic E-state index is -4.64. The number of ketones is 1. The lowest BCUT2D eigenvalue weighted by atomic mass is 10.1. The van der Waals surface area contributed by atoms with Crippen molar-refractivity contribution < 1.29 is 22.5 Å². The Balaban J connectivity index is 2.14. The monoisotopic (exact) mass is 356 g/mol. The first-order valence-electron chi connectivity index (χ1n) is 7.06. The van der Waals surface area contributed by atoms with Crippen LogP contribution >= 0.6 is 0 Å². The predicted molar refractivity (Wildman–Crippen MR) is 90.9 cm³/mol. The van der Waals surface area contributed by atoms with E-state index >= 15 is 0 Å². The second-order valence-corrected chi connectivity index (χ2v) is 6.24. The van der Waals surface area contributed by atoms with Gasteiger partial charge in [-0.3, -0.25) is 9.35 Å². The zero-order valence-electron chi connectivity index (χ0n) is 13.0. The molecule has 25 heavy (non-hydrogen) atoms. The van der Waals surface area contributed by atoms with Crippen LogP contribution in [0.2, 0.25) is 0 Å². The number of Topliss-reactive ketones (excluding diaryl/α,β-unsaturated/α-hetero) is 1. The molecule has 126 valence electrons. The molecule has 7 nitrogen and oxygen atoms in total. The van der Waals surface area contributed by atoms with Crippen molar-refractivity contribution in [2.24, 2.45) is 0 Å². The summed E-state index contributed by atoms with van der Waals surface area (Å²) in [5, 5.41) is 4.01. The van der Waals surface area contributed by atoms with Crippen LogP contribution in [0.3, 0.4) is 0 Å². The normalized spacial score (nSPS) is 11.0. The van der Waals surface area contributed by atoms with E-state index in [9.17, 15) is 17.8 Å². The van der Waals surface area contributed by atoms with Gasteiger partial charge in [0.05, 0.1) is 18.9 Å². The van der Waals surface area contributed by atoms with Gasteiger partial charge in [0.25, 0.3) is 0 Å². The molecule has 2 aromatic carbocycles. The smallest absolute Gasteiger partial charge is 0.379 e. The van der Waals surface area contributed by atoms with Gasteiger partial charge in [-0.2, -0.15) is 13.5 Å². The average molecular weight is 356 g/mol. The van der Waals surface area contributed by atoms with E-state index < -0.39 is 16.1 Å². The molecule has 0 amide bonds. The fourth-order valence-electron chi connectivity index (χ4n) is 2.34. The van der Waals surface area contributed by atoms with Gasteiger partial charge < -0.3 is 4.74 Å². The number of aromatic nitrogens is 2. The topological polar surface area (TPSA) is 98.5 Å². The summed E-state index contributed by atoms with van der Waals surface area (Å²) in [6, 6.07) is 11.9. The van der Waals surface area contributed by atoms with Gasteiger partial charge in [-0.1, -0.05) is 30.2 Å². The number of fused-ring (bicyclic) bond motifs is 1. The van der Waals surface area contributed by atoms with Gasteiger partial charge in [0.2, 0.25) is 5.78 Å². The molecule has 1 aromatic heterocycles. The maximum absolute atomic E-state index is 12.4. The molecule has 0 aliphatic heterocycles. The molecule has 0 saturated heterocycles. The van der Waals surface area contributed by atoms with E-state index in [4.69, 9.17) is 4.74 Å². The maximum Gasteiger partial charge on any atom is 0.379 e. The van der Waals surface area contributed by atoms with Crippen molar-refractivity contribution in [3.8, 4) is 17.6 Å². The minimum absolute atomic E-state index is 0.0278. The number of carbonyl (C=O) groups is 1. The SMILES string of the molecule is COc1c(C(=O)C#Cc2ccccc2)ccc2cnn(S(=O)(=O)O)c12. The van der Waals surface area contributed by atoms with Crippen LogP contribution in [0.15, 0.2) is 48.7 Å². The highest BCUT2D eigenvalue weighted by Crippen LogP contribution is 2.30. The Bertz CT molecular complexity index is 1120. The molecule has 1 heterocycles. The number of ether oxygens (including phenoxy) is 1. The Labute approximate surface area is 143 Å². The third-order valence-corrected chi connectivity index (χ3v) is 4.13. The van der Waals surface area contributed by atoms with Gasteiger partial charge in [0.1, 0.15) is 5.52 Å². The number of methoxy groups -OCH3 is 1. The molecule has 8 heteroatoms. The van der Waals surface area contributed by atoms with E-state index in [2.05, 4.69) is 16.9 Å². The molecule has 0 saturated carbocycles. The lowest BCUT2D eigenvalue weighted by Crippen LogP contribution is -2.13. The van der Waals surface area contributed by atoms with Gasteiger partial charge in [-0.25, -0.2) is 0 Å². The summed E-state index contributed by atoms with van der Waals surface area (Å²) in [4.78, 5) is 12.4. The molecule has 0 atom stereocenters. The fraction of sp³-hybridized carbons (Fsp3) is 0.0588. The van der Waals surface area contributed by atoms with Crippen LogP contribution in [0.4, 0.5) is 0 Å². The van der Waals surface area contributed by atoms with E-state index in [1.165, 1.54) is 25.4 Å². The average Bonchev–Trinajstić information content (AvgIpc) is 3.04. The van der Waals surface area contributed by atoms with Crippen LogP contribution in [0.1, 0.15) is 15.9 Å². The number of hydrogen-bond donors (Lipinski definition) is 1. The predicted octanol–water partition coefficient (Wildman–Crippen LogP) is 1.93. The van der Waals surface area contributed by atoms with E-state index in [1.807, 2.05) is 6.07 Å². The van der Waals surface area contributed by atoms with Gasteiger partial charge >= 0.3 is 10.3 Å². The van der Waals surface area contributed by atoms with Gasteiger partial charge in [0, 0.05) is 10.9 Å². The highest BCUT2D eigenvalue weighted by molar-refractivity contribution is 7.84. The zero-order chi connectivity index (χ0) is 18.0. The number of hydrogen-bond acceptors (Lipinski definition) is 5. The standard InChI is InChI=1S/C17H12N2O5S/c1-24-17-14(15(20)10-7-12-5-3-2-4-6-12)9-8-13-11-18-19(16(13)17)25(21,22)23/h2-6,8-9,11H,1H3,(H,21,22,23). The third-order valence-electron chi connectivity index (χ3n) is 3.42. The fourth-order valence-corrected chi connectivity index (χ4v) is 2.92. The Hall–Kier alpha value is -3.15. The molecule has 0 bridgehead atoms. The van der Waals surface area contributed by atoms with Crippen molar-refractivity contribution in [2.45, 2.75) is 0 Å². The Kier molecular flexibility index (Phi) is 4.27. The van der Waals surface area contributed by atoms with Crippen molar-refractivity contribution >= 4 is 27.0 Å². The zero-order valence-corrected chi connectivity index (χ0v) is 13.8. The number of benzene rings is 2. The minimum Gasteiger partial charge on any atom is -0.494 e. The first-order valence-corrected chi connectivity index (χ1v) is 8.45. The lowest BCUT2D eigenvalue weighted by molar-refractivity contribution is 0.105. The third kappa shape index (κ3) is 3.24. The molecule has 0 aliphatic rings. The molecular formula is C17H12N2O5S. The summed E-state index contributed by atoms with van der Waals surface area (Å²) < 4.78 is 37.8. The molecule has 0 fully saturated rings. The van der Waals surface area contributed by atoms with E-state index in [1.54, 1.807) is 24.3 Å². The Morgan fingerprint density at radius 3 is 2.56 bits per heavy atom. The van der Waals surface area contributed by atoms with Crippen molar-refractivity contribution in [3.63, 3.8) is 0 Å². The van der Waals surface area contributed by atoms with Gasteiger partial charge in [-0.05, 0) is 24.1 Å². The van der Waals surface area contributed by atoms with Crippen molar-refractivity contribution in [1.82, 2.24) is 9.19 Å². The van der Waals surface area contributed by atoms with E-state index in [0.29, 0.717) is 15.0 Å². The lowest BCUT2D eigenvalue weighted by Gasteiger charge is -2.08. The summed E-state index contributed by atoms with van der Waals surface area (Å²) in [5.74, 6) is 4.65. The first-order chi connectivity index (χ1) is 11.9. The van der Waals surface area contributed by atoms with Crippen LogP contribution in [0.25, 0.3) is 10.9 Å². The van der Waals surface area contributed by atoms with Crippen LogP contribution in [0.5, 0.6) is 5.75 Å². The maximum atomic E-state index is 12.4. The molecule has 0 unspecified atom stereocenters. The quantitative estimate of drug-likeness (QED) is 0.437. The number of nitrogens with zero attached hydrogens (tertiary/aromatic N) is 2. The Morgan fingerprint density at radius 1 is 1.20 bits per heavy atom. The molecular weight excluding hydrogens is 344 g/mol. The first kappa shape index (κ1) is 16.7. The highest BCUT2D eigenvalue weighted by atomic mass is 32.2. The number of carbonyl (C=O) groups excluding carboxylic acids is 1. The van der Waals surface area contributed by atoms with Crippen LogP contribution < -0.4 is 4.74 Å². The summed E-state index contributed by atoms with van der Waals surface area (Å²) in [7, 11) is -3.35. The van der Waals surface area contributed by atoms with Crippen LogP contribution in [0, 0.1) is 11.8 Å². The van der Waals surface area contributed by atoms with Crippen molar-refractivity contribution in [1.29, 1.82) is 0 Å². The van der Waals surface area contributed by atoms with Gasteiger partial charge in [-0.15, -0.1) is 4.09 Å². The van der Waals surface area contributed by atoms with E-state index in [0.717, 1.165) is 0 Å². The van der Waals surface area contributed by atoms with E-state index in [-0.39, 0.29) is 16.8 Å². The number of rotatable bonds is 3. The Morgan fingerprint density at radius 2 is 1.92 bits per heavy atom. The molecule has 0 spiro atoms. The summed E-state index contributed by atoms with van der Waals surface area (Å²) >= 11 is 0. The largest absolute Gasteiger partial charge is 0.494 e. The van der Waals surface area contributed by atoms with Crippen molar-refractivity contribution in [3.05, 3.63) is 59.8 Å². The molecule has 0 aliphatic carbocycles. The molecule has 3 aromatic rings. The summed E-state index contributed by atoms with van der Waals surface area (Å²) in [6.45, 7) is 0. The second kappa shape index (κ2) is 6.39. The molecule has 1 N–H and O–H groups in total. The van der Waals surface area contributed by atoms with Gasteiger partial charge in [0.15, 0.2) is 5.75 Å². The van der Waals surface area contributed by atoms with Crippen LogP contribution in [-0.2, 0) is 10.3 Å². The van der Waals surface area contributed by atoms with Crippen molar-refractivity contribution in [2.75, 3.05) is 7.11 Å². The second-order valence-electron chi connectivity index (χ2n) is 4.99. The highest BCUT2D eigenvalue weighted by Gasteiger charge is 2.22. The summed E-state index contributed by atoms with van der Waals surface area (Å²) in [5.41, 5.74) is 0.708. The summed E-state index contributed by atoms with van der Waals surface area (Å²) in [6.07, 6.45) is 1.25. The molecule has 0 radical (unpaired) electrons.